The molecule has 21 heavy (non-hydrogen) atoms. The van der Waals surface area contributed by atoms with E-state index in [2.05, 4.69) is 0 Å². The number of rotatable bonds is 7. The minimum Gasteiger partial charge on any atom is -0.544 e. The van der Waals surface area contributed by atoms with Crippen LogP contribution in [0.3, 0.4) is 0 Å². The van der Waals surface area contributed by atoms with Crippen LogP contribution < -0.4 is 10.4 Å². The number of halogens is 1. The fraction of sp³-hybridized carbons (Fsp3) is 0.200. The zero-order chi connectivity index (χ0) is 15.2. The maximum atomic E-state index is 12.8. The number of furan rings is 1. The van der Waals surface area contributed by atoms with Crippen LogP contribution in [0, 0.1) is 5.82 Å². The molecule has 2 aromatic rings. The van der Waals surface area contributed by atoms with Gasteiger partial charge in [-0.15, -0.1) is 0 Å². The van der Waals surface area contributed by atoms with E-state index >= 15 is 0 Å². The van der Waals surface area contributed by atoms with Gasteiger partial charge in [-0.05, 0) is 36.4 Å². The van der Waals surface area contributed by atoms with E-state index in [0.29, 0.717) is 12.3 Å². The molecule has 6 heteroatoms. The largest absolute Gasteiger partial charge is 0.544 e. The second-order valence-corrected chi connectivity index (χ2v) is 4.58. The van der Waals surface area contributed by atoms with E-state index in [1.165, 1.54) is 23.7 Å². The van der Waals surface area contributed by atoms with Crippen LogP contribution in [-0.4, -0.2) is 17.8 Å². The predicted molar refractivity (Wildman–Crippen MR) is 68.5 cm³/mol. The van der Waals surface area contributed by atoms with Crippen molar-refractivity contribution in [3.8, 4) is 0 Å². The second-order valence-electron chi connectivity index (χ2n) is 4.58. The number of carbonyl (C=O) groups is 2. The van der Waals surface area contributed by atoms with E-state index in [1.54, 1.807) is 12.1 Å². The molecule has 0 saturated carbocycles. The Kier molecular flexibility index (Phi) is 4.84. The smallest absolute Gasteiger partial charge is 0.169 e. The Morgan fingerprint density at radius 2 is 1.95 bits per heavy atom. The summed E-state index contributed by atoms with van der Waals surface area (Å²) in [6.45, 7) is 0.294. The SMILES string of the molecule is O=C(C[C@@H]([NH2+]Cc1ccco1)C(=O)[O-])c1ccc(F)cc1. The van der Waals surface area contributed by atoms with Gasteiger partial charge in [-0.3, -0.25) is 4.79 Å². The Balaban J connectivity index is 1.97. The number of carboxylic acids is 1. The number of aliphatic carboxylic acids is 1. The summed E-state index contributed by atoms with van der Waals surface area (Å²) in [5, 5.41) is 12.6. The Labute approximate surface area is 120 Å². The van der Waals surface area contributed by atoms with E-state index in [1.807, 2.05) is 0 Å². The molecule has 0 aliphatic carbocycles. The molecule has 2 N–H and O–H groups in total. The van der Waals surface area contributed by atoms with Crippen molar-refractivity contribution in [1.29, 1.82) is 0 Å². The third-order valence-corrected chi connectivity index (χ3v) is 3.06. The first-order valence-electron chi connectivity index (χ1n) is 6.41. The maximum absolute atomic E-state index is 12.8. The molecule has 0 aliphatic rings. The van der Waals surface area contributed by atoms with Crippen molar-refractivity contribution in [3.05, 3.63) is 59.8 Å². The number of nitrogens with two attached hydrogens (primary N) is 1. The lowest BCUT2D eigenvalue weighted by Crippen LogP contribution is -2.92. The first kappa shape index (κ1) is 14.9. The van der Waals surface area contributed by atoms with Gasteiger partial charge in [0.05, 0.1) is 18.7 Å². The van der Waals surface area contributed by atoms with Crippen molar-refractivity contribution in [2.45, 2.75) is 19.0 Å². The van der Waals surface area contributed by atoms with Crippen molar-refractivity contribution >= 4 is 11.8 Å². The highest BCUT2D eigenvalue weighted by atomic mass is 19.1. The number of ketones is 1. The Bertz CT molecular complexity index is 607. The van der Waals surface area contributed by atoms with Crippen LogP contribution in [-0.2, 0) is 11.3 Å². The maximum Gasteiger partial charge on any atom is 0.169 e. The lowest BCUT2D eigenvalue weighted by atomic mass is 10.0. The number of Topliss-reactive ketones (excluding diaryl/α,β-unsaturated/α-hetero) is 1. The zero-order valence-corrected chi connectivity index (χ0v) is 11.1. The van der Waals surface area contributed by atoms with Gasteiger partial charge in [-0.2, -0.15) is 0 Å². The van der Waals surface area contributed by atoms with Gasteiger partial charge in [0, 0.05) is 5.56 Å². The molecule has 2 rings (SSSR count). The van der Waals surface area contributed by atoms with Crippen LogP contribution >= 0.6 is 0 Å². The minimum atomic E-state index is -1.32. The minimum absolute atomic E-state index is 0.228. The Morgan fingerprint density at radius 3 is 2.52 bits per heavy atom. The van der Waals surface area contributed by atoms with Crippen molar-refractivity contribution in [2.75, 3.05) is 0 Å². The van der Waals surface area contributed by atoms with Crippen LogP contribution in [0.1, 0.15) is 22.5 Å². The number of quaternary nitrogens is 1. The number of hydrogen-bond acceptors (Lipinski definition) is 4. The number of hydrogen-bond donors (Lipinski definition) is 1. The number of carbonyl (C=O) groups excluding carboxylic acids is 2. The molecular weight excluding hydrogens is 277 g/mol. The summed E-state index contributed by atoms with van der Waals surface area (Å²) in [5.41, 5.74) is 0.272. The summed E-state index contributed by atoms with van der Waals surface area (Å²) in [7, 11) is 0. The molecule has 1 atom stereocenters. The van der Waals surface area contributed by atoms with Gasteiger partial charge in [0.15, 0.2) is 11.5 Å². The van der Waals surface area contributed by atoms with Gasteiger partial charge in [-0.25, -0.2) is 4.39 Å². The van der Waals surface area contributed by atoms with Gasteiger partial charge >= 0.3 is 0 Å². The van der Waals surface area contributed by atoms with E-state index in [-0.39, 0.29) is 17.8 Å². The summed E-state index contributed by atoms with van der Waals surface area (Å²) in [6, 6.07) is 7.37. The van der Waals surface area contributed by atoms with Gasteiger partial charge in [0.25, 0.3) is 0 Å². The normalized spacial score (nSPS) is 12.0. The molecule has 0 amide bonds. The van der Waals surface area contributed by atoms with Crippen molar-refractivity contribution in [2.24, 2.45) is 0 Å². The van der Waals surface area contributed by atoms with Gasteiger partial charge < -0.3 is 19.6 Å². The standard InChI is InChI=1S/C15H14FNO4/c16-11-5-3-10(4-6-11)14(18)8-13(15(19)20)17-9-12-2-1-7-21-12/h1-7,13,17H,8-9H2,(H,19,20)/t13-/m1/s1. The van der Waals surface area contributed by atoms with Gasteiger partial charge in [0.2, 0.25) is 0 Å². The average molecular weight is 291 g/mol. The van der Waals surface area contributed by atoms with Gasteiger partial charge in [-0.1, -0.05) is 0 Å². The van der Waals surface area contributed by atoms with E-state index in [9.17, 15) is 19.1 Å². The quantitative estimate of drug-likeness (QED) is 0.720. The molecule has 0 spiro atoms. The van der Waals surface area contributed by atoms with Crippen LogP contribution in [0.25, 0.3) is 0 Å². The fourth-order valence-corrected chi connectivity index (χ4v) is 1.90. The summed E-state index contributed by atoms with van der Waals surface area (Å²) in [5.74, 6) is -1.54. The second kappa shape index (κ2) is 6.81. The lowest BCUT2D eigenvalue weighted by Gasteiger charge is -2.15. The van der Waals surface area contributed by atoms with Gasteiger partial charge in [0.1, 0.15) is 18.4 Å². The van der Waals surface area contributed by atoms with E-state index in [0.717, 1.165) is 12.1 Å². The summed E-state index contributed by atoms with van der Waals surface area (Å²) < 4.78 is 17.9. The third kappa shape index (κ3) is 4.25. The van der Waals surface area contributed by atoms with Crippen molar-refractivity contribution < 1.29 is 28.8 Å². The highest BCUT2D eigenvalue weighted by molar-refractivity contribution is 5.98. The molecule has 1 heterocycles. The van der Waals surface area contributed by atoms with Crippen LogP contribution in [0.5, 0.6) is 0 Å². The molecule has 0 bridgehead atoms. The lowest BCUT2D eigenvalue weighted by molar-refractivity contribution is -0.698. The first-order valence-corrected chi connectivity index (χ1v) is 6.41. The molecule has 110 valence electrons. The molecular formula is C15H14FNO4. The molecule has 1 aromatic heterocycles. The molecule has 1 aromatic carbocycles. The molecule has 0 fully saturated rings. The Hall–Kier alpha value is -2.47. The van der Waals surface area contributed by atoms with Crippen LogP contribution in [0.15, 0.2) is 47.1 Å². The van der Waals surface area contributed by atoms with Crippen LogP contribution in [0.4, 0.5) is 4.39 Å². The molecule has 0 unspecified atom stereocenters. The molecule has 0 aliphatic heterocycles. The summed E-state index contributed by atoms with van der Waals surface area (Å²) >= 11 is 0. The topological polar surface area (TPSA) is 87.0 Å². The number of carboxylic acid groups (broad SMARTS) is 1. The fourth-order valence-electron chi connectivity index (χ4n) is 1.90. The predicted octanol–water partition coefficient (Wildman–Crippen LogP) is -0.126. The highest BCUT2D eigenvalue weighted by Gasteiger charge is 2.19. The average Bonchev–Trinajstić information content (AvgIpc) is 2.96. The highest BCUT2D eigenvalue weighted by Crippen LogP contribution is 2.07. The zero-order valence-electron chi connectivity index (χ0n) is 11.1. The molecule has 0 saturated heterocycles. The Morgan fingerprint density at radius 1 is 1.24 bits per heavy atom. The van der Waals surface area contributed by atoms with Crippen molar-refractivity contribution in [1.82, 2.24) is 0 Å². The first-order chi connectivity index (χ1) is 10.1. The van der Waals surface area contributed by atoms with Crippen LogP contribution in [0.2, 0.25) is 0 Å². The summed E-state index contributed by atoms with van der Waals surface area (Å²) in [4.78, 5) is 23.1. The molecule has 0 radical (unpaired) electrons. The van der Waals surface area contributed by atoms with E-state index in [4.69, 9.17) is 4.42 Å². The summed E-state index contributed by atoms with van der Waals surface area (Å²) in [6.07, 6.45) is 1.26. The van der Waals surface area contributed by atoms with Crippen molar-refractivity contribution in [3.63, 3.8) is 0 Å². The van der Waals surface area contributed by atoms with E-state index < -0.39 is 17.8 Å². The molecule has 5 nitrogen and oxygen atoms in total. The monoisotopic (exact) mass is 291 g/mol. The number of benzene rings is 1. The third-order valence-electron chi connectivity index (χ3n) is 3.06.